The molecular formula is C21H19Cl2N3O2. The average Bonchev–Trinajstić information content (AvgIpc) is 3.03. The number of rotatable bonds is 8. The molecule has 0 aliphatic carbocycles. The number of benzene rings is 2. The molecule has 0 bridgehead atoms. The SMILES string of the molecule is CON=Cc1[nH]c2ccc(OCc3c(Cl)cccc3Cl)cc2c1CCCC#N. The predicted molar refractivity (Wildman–Crippen MR) is 112 cm³/mol. The zero-order valence-corrected chi connectivity index (χ0v) is 16.8. The number of H-pyrrole nitrogens is 1. The Morgan fingerprint density at radius 2 is 1.96 bits per heavy atom. The normalized spacial score (nSPS) is 11.1. The quantitative estimate of drug-likeness (QED) is 0.283. The van der Waals surface area contributed by atoms with Gasteiger partial charge in [-0.2, -0.15) is 5.26 Å². The zero-order valence-electron chi connectivity index (χ0n) is 15.3. The number of nitrogens with zero attached hydrogens (tertiary/aromatic N) is 2. The Balaban J connectivity index is 1.89. The van der Waals surface area contributed by atoms with Gasteiger partial charge in [-0.05, 0) is 48.7 Å². The number of hydrogen-bond donors (Lipinski definition) is 1. The van der Waals surface area contributed by atoms with Crippen LogP contribution < -0.4 is 4.74 Å². The van der Waals surface area contributed by atoms with Crippen LogP contribution in [0.15, 0.2) is 41.6 Å². The van der Waals surface area contributed by atoms with E-state index in [1.54, 1.807) is 24.4 Å². The third-order valence-corrected chi connectivity index (χ3v) is 5.07. The van der Waals surface area contributed by atoms with E-state index in [0.717, 1.165) is 40.6 Å². The van der Waals surface area contributed by atoms with Gasteiger partial charge in [-0.1, -0.05) is 34.4 Å². The van der Waals surface area contributed by atoms with Crippen LogP contribution in [-0.2, 0) is 17.9 Å². The molecular weight excluding hydrogens is 397 g/mol. The van der Waals surface area contributed by atoms with E-state index in [4.69, 9.17) is 38.0 Å². The van der Waals surface area contributed by atoms with E-state index in [1.807, 2.05) is 18.2 Å². The lowest BCUT2D eigenvalue weighted by Crippen LogP contribution is -1.97. The number of aromatic amines is 1. The van der Waals surface area contributed by atoms with Gasteiger partial charge in [0.2, 0.25) is 0 Å². The molecule has 0 fully saturated rings. The second-order valence-corrected chi connectivity index (χ2v) is 6.96. The minimum Gasteiger partial charge on any atom is -0.489 e. The summed E-state index contributed by atoms with van der Waals surface area (Å²) < 4.78 is 5.94. The molecule has 0 saturated heterocycles. The number of unbranched alkanes of at least 4 members (excludes halogenated alkanes) is 1. The maximum atomic E-state index is 8.84. The van der Waals surface area contributed by atoms with Crippen LogP contribution in [0.5, 0.6) is 5.75 Å². The van der Waals surface area contributed by atoms with Crippen molar-refractivity contribution in [1.82, 2.24) is 4.98 Å². The molecule has 3 rings (SSSR count). The standard InChI is InChI=1S/C21H19Cl2N3O2/c1-27-25-12-21-15(5-2-3-10-24)16-11-14(8-9-20(16)26-21)28-13-17-18(22)6-4-7-19(17)23/h4,6-9,11-12,26H,2-3,5,13H2,1H3. The van der Waals surface area contributed by atoms with E-state index in [9.17, 15) is 0 Å². The van der Waals surface area contributed by atoms with Crippen LogP contribution in [0.3, 0.4) is 0 Å². The van der Waals surface area contributed by atoms with Crippen LogP contribution in [0.25, 0.3) is 10.9 Å². The van der Waals surface area contributed by atoms with Crippen molar-refractivity contribution in [3.05, 3.63) is 63.3 Å². The highest BCUT2D eigenvalue weighted by Gasteiger charge is 2.12. The van der Waals surface area contributed by atoms with E-state index in [1.165, 1.54) is 7.11 Å². The molecule has 0 amide bonds. The van der Waals surface area contributed by atoms with E-state index in [2.05, 4.69) is 16.2 Å². The van der Waals surface area contributed by atoms with Crippen LogP contribution in [-0.4, -0.2) is 18.3 Å². The first-order chi connectivity index (χ1) is 13.6. The third kappa shape index (κ3) is 4.59. The Hall–Kier alpha value is -2.68. The van der Waals surface area contributed by atoms with Gasteiger partial charge in [-0.3, -0.25) is 0 Å². The maximum Gasteiger partial charge on any atom is 0.120 e. The number of ether oxygens (including phenoxy) is 1. The van der Waals surface area contributed by atoms with E-state index in [0.29, 0.717) is 22.2 Å². The fourth-order valence-corrected chi connectivity index (χ4v) is 3.50. The predicted octanol–water partition coefficient (Wildman–Crippen LogP) is 5.88. The zero-order chi connectivity index (χ0) is 19.9. The molecule has 0 radical (unpaired) electrons. The summed E-state index contributed by atoms with van der Waals surface area (Å²) in [5.41, 5.74) is 3.66. The highest BCUT2D eigenvalue weighted by molar-refractivity contribution is 6.35. The summed E-state index contributed by atoms with van der Waals surface area (Å²) in [5.74, 6) is 0.708. The van der Waals surface area contributed by atoms with Crippen molar-refractivity contribution in [3.63, 3.8) is 0 Å². The highest BCUT2D eigenvalue weighted by Crippen LogP contribution is 2.30. The number of aromatic nitrogens is 1. The summed E-state index contributed by atoms with van der Waals surface area (Å²) in [6.45, 7) is 0.274. The first-order valence-corrected chi connectivity index (χ1v) is 9.53. The van der Waals surface area contributed by atoms with Crippen molar-refractivity contribution in [2.24, 2.45) is 5.16 Å². The Bertz CT molecular complexity index is 1020. The number of halogens is 2. The number of hydrogen-bond acceptors (Lipinski definition) is 4. The molecule has 5 nitrogen and oxygen atoms in total. The minimum atomic E-state index is 0.274. The summed E-state index contributed by atoms with van der Waals surface area (Å²) >= 11 is 12.4. The van der Waals surface area contributed by atoms with Crippen molar-refractivity contribution in [1.29, 1.82) is 5.26 Å². The fraction of sp³-hybridized carbons (Fsp3) is 0.238. The van der Waals surface area contributed by atoms with Gasteiger partial charge in [0.15, 0.2) is 0 Å². The summed E-state index contributed by atoms with van der Waals surface area (Å²) in [5, 5.41) is 14.9. The van der Waals surface area contributed by atoms with Crippen molar-refractivity contribution >= 4 is 40.3 Å². The van der Waals surface area contributed by atoms with Gasteiger partial charge < -0.3 is 14.6 Å². The number of aryl methyl sites for hydroxylation is 1. The second kappa shape index (κ2) is 9.50. The summed E-state index contributed by atoms with van der Waals surface area (Å²) in [6, 6.07) is 13.4. The molecule has 1 aromatic heterocycles. The van der Waals surface area contributed by atoms with Gasteiger partial charge in [0.25, 0.3) is 0 Å². The first-order valence-electron chi connectivity index (χ1n) is 8.77. The summed E-state index contributed by atoms with van der Waals surface area (Å²) in [6.07, 6.45) is 3.65. The molecule has 1 heterocycles. The topological polar surface area (TPSA) is 70.4 Å². The molecule has 0 saturated carbocycles. The number of nitrogens with one attached hydrogen (secondary N) is 1. The lowest BCUT2D eigenvalue weighted by molar-refractivity contribution is 0.215. The molecule has 28 heavy (non-hydrogen) atoms. The molecule has 3 aromatic rings. The lowest BCUT2D eigenvalue weighted by Gasteiger charge is -2.10. The smallest absolute Gasteiger partial charge is 0.120 e. The minimum absolute atomic E-state index is 0.274. The lowest BCUT2D eigenvalue weighted by atomic mass is 10.0. The van der Waals surface area contributed by atoms with Gasteiger partial charge >= 0.3 is 0 Å². The molecule has 0 spiro atoms. The maximum absolute atomic E-state index is 8.84. The molecule has 0 aliphatic heterocycles. The van der Waals surface area contributed by atoms with Gasteiger partial charge in [0.1, 0.15) is 19.5 Å². The van der Waals surface area contributed by atoms with Crippen LogP contribution >= 0.6 is 23.2 Å². The number of fused-ring (bicyclic) bond motifs is 1. The van der Waals surface area contributed by atoms with Crippen LogP contribution in [0.4, 0.5) is 0 Å². The molecule has 0 atom stereocenters. The molecule has 0 aliphatic rings. The highest BCUT2D eigenvalue weighted by atomic mass is 35.5. The van der Waals surface area contributed by atoms with Crippen LogP contribution in [0.1, 0.15) is 29.7 Å². The Morgan fingerprint density at radius 3 is 2.68 bits per heavy atom. The first kappa shape index (κ1) is 20.1. The monoisotopic (exact) mass is 415 g/mol. The molecule has 2 aromatic carbocycles. The van der Waals surface area contributed by atoms with Crippen LogP contribution in [0.2, 0.25) is 10.0 Å². The summed E-state index contributed by atoms with van der Waals surface area (Å²) in [4.78, 5) is 8.14. The van der Waals surface area contributed by atoms with Crippen molar-refractivity contribution in [2.45, 2.75) is 25.9 Å². The molecule has 0 unspecified atom stereocenters. The van der Waals surface area contributed by atoms with E-state index < -0.39 is 0 Å². The van der Waals surface area contributed by atoms with Gasteiger partial charge in [0, 0.05) is 32.9 Å². The van der Waals surface area contributed by atoms with Crippen molar-refractivity contribution in [3.8, 4) is 11.8 Å². The third-order valence-electron chi connectivity index (χ3n) is 4.36. The van der Waals surface area contributed by atoms with Gasteiger partial charge in [-0.15, -0.1) is 0 Å². The molecule has 7 heteroatoms. The largest absolute Gasteiger partial charge is 0.489 e. The van der Waals surface area contributed by atoms with Gasteiger partial charge in [-0.25, -0.2) is 0 Å². The molecule has 144 valence electrons. The van der Waals surface area contributed by atoms with Crippen molar-refractivity contribution < 1.29 is 9.57 Å². The second-order valence-electron chi connectivity index (χ2n) is 6.14. The fourth-order valence-electron chi connectivity index (χ4n) is 2.99. The van der Waals surface area contributed by atoms with Gasteiger partial charge in [0.05, 0.1) is 18.0 Å². The summed E-state index contributed by atoms with van der Waals surface area (Å²) in [7, 11) is 1.50. The number of oxime groups is 1. The Kier molecular flexibility index (Phi) is 6.80. The van der Waals surface area contributed by atoms with Crippen molar-refractivity contribution in [2.75, 3.05) is 7.11 Å². The molecule has 1 N–H and O–H groups in total. The van der Waals surface area contributed by atoms with E-state index >= 15 is 0 Å². The average molecular weight is 416 g/mol. The Labute approximate surface area is 173 Å². The van der Waals surface area contributed by atoms with E-state index in [-0.39, 0.29) is 6.61 Å². The number of nitriles is 1. The van der Waals surface area contributed by atoms with Crippen LogP contribution in [0, 0.1) is 11.3 Å². The Morgan fingerprint density at radius 1 is 1.18 bits per heavy atom.